The summed E-state index contributed by atoms with van der Waals surface area (Å²) in [6.45, 7) is 16.7. The molecule has 0 unspecified atom stereocenters. The van der Waals surface area contributed by atoms with Crippen LogP contribution in [0.2, 0.25) is 0 Å². The van der Waals surface area contributed by atoms with Crippen LogP contribution in [0.3, 0.4) is 0 Å². The fourth-order valence-electron chi connectivity index (χ4n) is 9.42. The molecule has 0 aliphatic carbocycles. The average Bonchev–Trinajstić information content (AvgIpc) is 3.85. The molecule has 2 N–H and O–H groups in total. The molecule has 4 aromatic rings. The van der Waals surface area contributed by atoms with E-state index in [2.05, 4.69) is 60.3 Å². The summed E-state index contributed by atoms with van der Waals surface area (Å²) in [7, 11) is 4.98. The van der Waals surface area contributed by atoms with Crippen LogP contribution in [0.15, 0.2) is 41.9 Å². The number of nitrogens with zero attached hydrogens (tertiary/aromatic N) is 6. The van der Waals surface area contributed by atoms with Gasteiger partial charge in [0.15, 0.2) is 0 Å². The van der Waals surface area contributed by atoms with Gasteiger partial charge >= 0.3 is 12.0 Å². The van der Waals surface area contributed by atoms with Crippen LogP contribution in [-0.2, 0) is 48.0 Å². The van der Waals surface area contributed by atoms with Gasteiger partial charge in [-0.3, -0.25) is 24.4 Å². The van der Waals surface area contributed by atoms with E-state index in [9.17, 15) is 19.2 Å². The second-order valence-electron chi connectivity index (χ2n) is 18.9. The van der Waals surface area contributed by atoms with E-state index in [0.717, 1.165) is 56.2 Å². The first-order chi connectivity index (χ1) is 30.5. The number of likely N-dealkylation sites (N-methyl/N-ethyl adjacent to an activating group) is 1. The molecular weight excluding hydrogens is 833 g/mol. The minimum Gasteiger partial charge on any atom is -0.464 e. The number of urea groups is 1. The van der Waals surface area contributed by atoms with Crippen molar-refractivity contribution in [1.82, 2.24) is 40.1 Å². The molecule has 3 aromatic heterocycles. The third-order valence-electron chi connectivity index (χ3n) is 13.2. The molecule has 5 atom stereocenters. The first-order valence-electron chi connectivity index (χ1n) is 22.7. The lowest BCUT2D eigenvalue weighted by Crippen LogP contribution is -2.61. The van der Waals surface area contributed by atoms with Gasteiger partial charge in [0.2, 0.25) is 11.8 Å². The molecular formula is C48H66N8O7S. The zero-order valence-electron chi connectivity index (χ0n) is 39.1. The molecule has 3 aliphatic heterocycles. The highest BCUT2D eigenvalue weighted by atomic mass is 32.1. The van der Waals surface area contributed by atoms with Crippen molar-refractivity contribution < 1.29 is 33.4 Å². The largest absolute Gasteiger partial charge is 0.464 e. The number of esters is 1. The average molecular weight is 899 g/mol. The Hall–Kier alpha value is -4.90. The Bertz CT molecular complexity index is 2340. The number of hydrogen-bond acceptors (Lipinski definition) is 11. The van der Waals surface area contributed by atoms with Crippen LogP contribution in [-0.4, -0.2) is 125 Å². The van der Waals surface area contributed by atoms with Crippen molar-refractivity contribution in [3.05, 3.63) is 58.2 Å². The van der Waals surface area contributed by atoms with Gasteiger partial charge in [-0.15, -0.1) is 11.3 Å². The highest BCUT2D eigenvalue weighted by molar-refractivity contribution is 7.10. The lowest BCUT2D eigenvalue weighted by Gasteiger charge is -2.42. The zero-order valence-corrected chi connectivity index (χ0v) is 39.9. The third kappa shape index (κ3) is 9.70. The minimum absolute atomic E-state index is 0.000821. The normalized spacial score (nSPS) is 21.6. The maximum Gasteiger partial charge on any atom is 0.325 e. The van der Waals surface area contributed by atoms with Crippen LogP contribution >= 0.6 is 11.3 Å². The van der Waals surface area contributed by atoms with Crippen molar-refractivity contribution in [3.8, 4) is 22.5 Å². The fraction of sp³-hybridized carbons (Fsp3) is 0.583. The van der Waals surface area contributed by atoms with Gasteiger partial charge in [-0.05, 0) is 74.8 Å². The zero-order chi connectivity index (χ0) is 46.0. The van der Waals surface area contributed by atoms with Crippen molar-refractivity contribution in [2.75, 3.05) is 54.1 Å². The number of carbonyl (C=O) groups is 4. The number of hydrazine groups is 1. The van der Waals surface area contributed by atoms with E-state index in [1.165, 1.54) is 16.2 Å². The molecule has 15 nitrogen and oxygen atoms in total. The molecule has 1 aromatic carbocycles. The summed E-state index contributed by atoms with van der Waals surface area (Å²) < 4.78 is 19.7. The van der Waals surface area contributed by atoms with Crippen molar-refractivity contribution >= 4 is 46.1 Å². The summed E-state index contributed by atoms with van der Waals surface area (Å²) in [6, 6.07) is 8.90. The third-order valence-corrected chi connectivity index (χ3v) is 14.1. The molecule has 2 saturated heterocycles. The lowest BCUT2D eigenvalue weighted by atomic mass is 9.84. The number of carbonyl (C=O) groups excluding carboxylic acids is 4. The Morgan fingerprint density at radius 1 is 1.14 bits per heavy atom. The van der Waals surface area contributed by atoms with Gasteiger partial charge in [-0.2, -0.15) is 0 Å². The van der Waals surface area contributed by atoms with E-state index in [-0.39, 0.29) is 55.0 Å². The van der Waals surface area contributed by atoms with Crippen molar-refractivity contribution in [1.29, 1.82) is 0 Å². The highest BCUT2D eigenvalue weighted by Crippen LogP contribution is 2.42. The monoisotopic (exact) mass is 898 g/mol. The number of hydrogen-bond donors (Lipinski definition) is 2. The van der Waals surface area contributed by atoms with E-state index >= 15 is 0 Å². The van der Waals surface area contributed by atoms with Gasteiger partial charge in [0, 0.05) is 92.3 Å². The van der Waals surface area contributed by atoms with Crippen LogP contribution in [0, 0.1) is 23.2 Å². The summed E-state index contributed by atoms with van der Waals surface area (Å²) >= 11 is 1.51. The number of benzene rings is 1. The van der Waals surface area contributed by atoms with E-state index in [4.69, 9.17) is 24.2 Å². The molecule has 7 rings (SSSR count). The standard InChI is InChI=1S/C48H66N8O7S/c1-11-55-38-15-14-31-21-35(38)36(43(55)34-13-12-18-49-41(34)30(5)61-9)23-48(6,7)27-63-46(59)40-29(4)17-20-56(52-40)45(58)32(22-39-51-37(31)26-64-39)16-19-50-44(57)42(28(2)3)53(8)47(60)54-24-33(25-54)62-10/h12-15,18,21,26,28-30,32-33,40,42,52H,11,16-17,19-20,22-25,27H2,1-10H3,(H,50,57)/t29-,30-,32-,40-,42-/m0/s1. The molecule has 0 saturated carbocycles. The van der Waals surface area contributed by atoms with Gasteiger partial charge in [0.1, 0.15) is 12.1 Å². The number of nitrogens with one attached hydrogen (secondary N) is 2. The van der Waals surface area contributed by atoms with Gasteiger partial charge in [0.25, 0.3) is 0 Å². The Morgan fingerprint density at radius 2 is 1.91 bits per heavy atom. The van der Waals surface area contributed by atoms with Crippen LogP contribution in [0.4, 0.5) is 4.79 Å². The predicted octanol–water partition coefficient (Wildman–Crippen LogP) is 6.49. The molecule has 64 heavy (non-hydrogen) atoms. The molecule has 16 heteroatoms. The quantitative estimate of drug-likeness (QED) is 0.159. The smallest absolute Gasteiger partial charge is 0.325 e. The Kier molecular flexibility index (Phi) is 14.5. The summed E-state index contributed by atoms with van der Waals surface area (Å²) in [5.41, 5.74) is 9.68. The Labute approximate surface area is 381 Å². The van der Waals surface area contributed by atoms with Gasteiger partial charge in [-0.1, -0.05) is 40.7 Å². The summed E-state index contributed by atoms with van der Waals surface area (Å²) in [4.78, 5) is 68.8. The minimum atomic E-state index is -0.724. The topological polar surface area (TPSA) is 160 Å². The van der Waals surface area contributed by atoms with E-state index in [0.29, 0.717) is 45.3 Å². The number of cyclic esters (lactones) is 1. The van der Waals surface area contributed by atoms with Crippen molar-refractivity contribution in [3.63, 3.8) is 0 Å². The van der Waals surface area contributed by atoms with Crippen LogP contribution in [0.25, 0.3) is 33.4 Å². The number of aromatic nitrogens is 3. The number of amides is 4. The van der Waals surface area contributed by atoms with E-state index in [1.54, 1.807) is 37.4 Å². The molecule has 0 radical (unpaired) electrons. The number of methoxy groups -OCH3 is 2. The molecule has 3 aliphatic rings. The Morgan fingerprint density at radius 3 is 2.61 bits per heavy atom. The predicted molar refractivity (Wildman–Crippen MR) is 247 cm³/mol. The number of thiazole rings is 1. The van der Waals surface area contributed by atoms with Crippen molar-refractivity contribution in [2.45, 2.75) is 105 Å². The first-order valence-corrected chi connectivity index (χ1v) is 23.6. The number of pyridine rings is 1. The summed E-state index contributed by atoms with van der Waals surface area (Å²) in [6.07, 6.45) is 3.43. The van der Waals surface area contributed by atoms with Gasteiger partial charge in [0.05, 0.1) is 54.0 Å². The maximum absolute atomic E-state index is 14.6. The first kappa shape index (κ1) is 47.1. The van der Waals surface area contributed by atoms with E-state index < -0.39 is 29.4 Å². The molecule has 346 valence electrons. The number of aryl methyl sites for hydroxylation is 1. The van der Waals surface area contributed by atoms with Gasteiger partial charge < -0.3 is 33.9 Å². The molecule has 4 amide bonds. The van der Waals surface area contributed by atoms with Crippen LogP contribution in [0.5, 0.6) is 0 Å². The second-order valence-corrected chi connectivity index (χ2v) is 19.8. The maximum atomic E-state index is 14.6. The summed E-state index contributed by atoms with van der Waals surface area (Å²) in [5, 5.41) is 8.54. The van der Waals surface area contributed by atoms with E-state index in [1.807, 2.05) is 39.1 Å². The molecule has 6 heterocycles. The number of fused-ring (bicyclic) bond motifs is 6. The second kappa shape index (κ2) is 19.7. The van der Waals surface area contributed by atoms with Crippen LogP contribution < -0.4 is 10.7 Å². The van der Waals surface area contributed by atoms with Crippen LogP contribution in [0.1, 0.15) is 83.7 Å². The SMILES string of the molecule is CCn1c(-c2cccnc2[C@H](C)OC)c2c3cc(ccc31)-c1csc(n1)C[C@H](CCNC(=O)[C@H](C(C)C)N(C)C(=O)N1CC(OC)C1)C(=O)N1CC[C@H](C)[C@H](N1)C(=O)OCC(C)(C)C2. The van der Waals surface area contributed by atoms with Crippen molar-refractivity contribution in [2.24, 2.45) is 23.2 Å². The number of likely N-dealkylation sites (tertiary alicyclic amines) is 1. The molecule has 6 bridgehead atoms. The fourth-order valence-corrected chi connectivity index (χ4v) is 10.3. The lowest BCUT2D eigenvalue weighted by molar-refractivity contribution is -0.158. The highest BCUT2D eigenvalue weighted by Gasteiger charge is 2.40. The van der Waals surface area contributed by atoms with Gasteiger partial charge in [-0.25, -0.2) is 15.2 Å². The number of ether oxygens (including phenoxy) is 3. The molecule has 2 fully saturated rings. The molecule has 0 spiro atoms. The number of rotatable bonds is 11. The Balaban J connectivity index is 1.22. The summed E-state index contributed by atoms with van der Waals surface area (Å²) in [5.74, 6) is -1.66.